The summed E-state index contributed by atoms with van der Waals surface area (Å²) >= 11 is 1.54. The zero-order chi connectivity index (χ0) is 13.7. The molecule has 6 nitrogen and oxygen atoms in total. The Morgan fingerprint density at radius 2 is 2.42 bits per heavy atom. The molecular weight excluding hydrogens is 266 g/mol. The molecule has 0 bridgehead atoms. The molecule has 0 aliphatic heterocycles. The zero-order valence-corrected chi connectivity index (χ0v) is 11.6. The van der Waals surface area contributed by atoms with Crippen molar-refractivity contribution in [3.8, 4) is 0 Å². The number of thiophene rings is 1. The van der Waals surface area contributed by atoms with Crippen LogP contribution in [0.4, 0.5) is 0 Å². The highest BCUT2D eigenvalue weighted by Gasteiger charge is 2.10. The summed E-state index contributed by atoms with van der Waals surface area (Å²) < 4.78 is 9.95. The molecule has 0 atom stereocenters. The van der Waals surface area contributed by atoms with Crippen LogP contribution in [-0.4, -0.2) is 29.8 Å². The minimum absolute atomic E-state index is 0.138. The number of amides is 1. The van der Waals surface area contributed by atoms with Crippen molar-refractivity contribution in [3.63, 3.8) is 0 Å². The molecule has 2 aromatic heterocycles. The molecular formula is C12H15N3O3S. The molecule has 19 heavy (non-hydrogen) atoms. The molecule has 0 saturated carbocycles. The Balaban J connectivity index is 1.85. The summed E-state index contributed by atoms with van der Waals surface area (Å²) in [5.74, 6) is 0.838. The number of carbonyl (C=O) groups is 1. The van der Waals surface area contributed by atoms with Crippen LogP contribution in [0.2, 0.25) is 0 Å². The number of ether oxygens (including phenoxy) is 1. The van der Waals surface area contributed by atoms with Crippen LogP contribution in [0.5, 0.6) is 0 Å². The van der Waals surface area contributed by atoms with Crippen LogP contribution in [0.25, 0.3) is 0 Å². The van der Waals surface area contributed by atoms with Crippen molar-refractivity contribution in [1.29, 1.82) is 0 Å². The van der Waals surface area contributed by atoms with Gasteiger partial charge in [-0.3, -0.25) is 4.79 Å². The van der Waals surface area contributed by atoms with E-state index < -0.39 is 0 Å². The number of methoxy groups -OCH3 is 1. The lowest BCUT2D eigenvalue weighted by Crippen LogP contribution is -2.22. The number of nitrogens with zero attached hydrogens (tertiary/aromatic N) is 2. The summed E-state index contributed by atoms with van der Waals surface area (Å²) in [6, 6.07) is 1.85. The van der Waals surface area contributed by atoms with E-state index in [1.54, 1.807) is 18.4 Å². The van der Waals surface area contributed by atoms with Crippen LogP contribution in [0, 0.1) is 6.92 Å². The number of hydrogen-bond donors (Lipinski definition) is 1. The summed E-state index contributed by atoms with van der Waals surface area (Å²) in [5.41, 5.74) is 0.654. The maximum Gasteiger partial charge on any atom is 0.252 e. The first-order valence-corrected chi connectivity index (χ1v) is 6.70. The standard InChI is InChI=1S/C12H15N3O3S/c1-8-5-9(7-19-8)12(16)13-6-11-14-10(15-18-11)3-4-17-2/h5,7H,3-4,6H2,1-2H3,(H,13,16). The molecule has 1 N–H and O–H groups in total. The Bertz CT molecular complexity index is 550. The maximum atomic E-state index is 11.8. The molecule has 2 aromatic rings. The van der Waals surface area contributed by atoms with Gasteiger partial charge in [0.05, 0.1) is 18.7 Å². The van der Waals surface area contributed by atoms with Gasteiger partial charge in [-0.1, -0.05) is 5.16 Å². The van der Waals surface area contributed by atoms with Crippen molar-refractivity contribution < 1.29 is 14.1 Å². The zero-order valence-electron chi connectivity index (χ0n) is 10.8. The molecule has 102 valence electrons. The summed E-state index contributed by atoms with van der Waals surface area (Å²) in [6.45, 7) is 2.73. The van der Waals surface area contributed by atoms with Crippen molar-refractivity contribution in [2.75, 3.05) is 13.7 Å². The monoisotopic (exact) mass is 281 g/mol. The molecule has 1 amide bonds. The minimum Gasteiger partial charge on any atom is -0.384 e. The molecule has 0 saturated heterocycles. The van der Waals surface area contributed by atoms with E-state index in [2.05, 4.69) is 15.5 Å². The van der Waals surface area contributed by atoms with Gasteiger partial charge in [0.1, 0.15) is 0 Å². The van der Waals surface area contributed by atoms with E-state index in [0.29, 0.717) is 30.3 Å². The lowest BCUT2D eigenvalue weighted by Gasteiger charge is -1.98. The van der Waals surface area contributed by atoms with E-state index in [0.717, 1.165) is 4.88 Å². The van der Waals surface area contributed by atoms with Crippen LogP contribution in [-0.2, 0) is 17.7 Å². The Kier molecular flexibility index (Phi) is 4.64. The quantitative estimate of drug-likeness (QED) is 0.869. The first-order chi connectivity index (χ1) is 9.19. The molecule has 0 fully saturated rings. The van der Waals surface area contributed by atoms with Gasteiger partial charge in [0, 0.05) is 23.8 Å². The van der Waals surface area contributed by atoms with E-state index >= 15 is 0 Å². The van der Waals surface area contributed by atoms with E-state index in [9.17, 15) is 4.79 Å². The average Bonchev–Trinajstić information content (AvgIpc) is 3.02. The highest BCUT2D eigenvalue weighted by molar-refractivity contribution is 7.10. The van der Waals surface area contributed by atoms with E-state index in [4.69, 9.17) is 9.26 Å². The number of hydrogen-bond acceptors (Lipinski definition) is 6. The van der Waals surface area contributed by atoms with Crippen LogP contribution in [0.3, 0.4) is 0 Å². The molecule has 7 heteroatoms. The van der Waals surface area contributed by atoms with E-state index in [-0.39, 0.29) is 12.5 Å². The fourth-order valence-electron chi connectivity index (χ4n) is 1.48. The Hall–Kier alpha value is -1.73. The Labute approximate surface area is 114 Å². The van der Waals surface area contributed by atoms with Crippen molar-refractivity contribution in [1.82, 2.24) is 15.5 Å². The molecule has 0 unspecified atom stereocenters. The molecule has 0 spiro atoms. The normalized spacial score (nSPS) is 10.6. The number of nitrogens with one attached hydrogen (secondary N) is 1. The predicted octanol–water partition coefficient (Wildman–Crippen LogP) is 1.56. The van der Waals surface area contributed by atoms with Gasteiger partial charge >= 0.3 is 0 Å². The van der Waals surface area contributed by atoms with Crippen molar-refractivity contribution in [3.05, 3.63) is 33.6 Å². The second kappa shape index (κ2) is 6.44. The van der Waals surface area contributed by atoms with Crippen LogP contribution in [0.15, 0.2) is 16.0 Å². The first-order valence-electron chi connectivity index (χ1n) is 5.83. The molecule has 0 aliphatic carbocycles. The molecule has 2 rings (SSSR count). The minimum atomic E-state index is -0.138. The maximum absolute atomic E-state index is 11.8. The molecule has 2 heterocycles. The van der Waals surface area contributed by atoms with Gasteiger partial charge in [0.2, 0.25) is 5.89 Å². The van der Waals surface area contributed by atoms with Gasteiger partial charge in [-0.15, -0.1) is 11.3 Å². The summed E-state index contributed by atoms with van der Waals surface area (Å²) in [5, 5.41) is 8.35. The van der Waals surface area contributed by atoms with Gasteiger partial charge in [-0.05, 0) is 13.0 Å². The third-order valence-electron chi connectivity index (χ3n) is 2.43. The van der Waals surface area contributed by atoms with E-state index in [1.807, 2.05) is 18.4 Å². The topological polar surface area (TPSA) is 77.3 Å². The van der Waals surface area contributed by atoms with Gasteiger partial charge < -0.3 is 14.6 Å². The van der Waals surface area contributed by atoms with Crippen molar-refractivity contribution in [2.45, 2.75) is 19.9 Å². The Morgan fingerprint density at radius 3 is 3.11 bits per heavy atom. The van der Waals surface area contributed by atoms with Crippen LogP contribution in [0.1, 0.15) is 27.0 Å². The molecule has 0 radical (unpaired) electrons. The largest absolute Gasteiger partial charge is 0.384 e. The lowest BCUT2D eigenvalue weighted by molar-refractivity contribution is 0.0946. The van der Waals surface area contributed by atoms with E-state index in [1.165, 1.54) is 0 Å². The summed E-state index contributed by atoms with van der Waals surface area (Å²) in [4.78, 5) is 17.0. The first kappa shape index (κ1) is 13.7. The number of aryl methyl sites for hydroxylation is 1. The van der Waals surface area contributed by atoms with Gasteiger partial charge in [-0.2, -0.15) is 4.98 Å². The SMILES string of the molecule is COCCc1noc(CNC(=O)c2csc(C)c2)n1. The van der Waals surface area contributed by atoms with Gasteiger partial charge in [0.15, 0.2) is 5.82 Å². The fraction of sp³-hybridized carbons (Fsp3) is 0.417. The third-order valence-corrected chi connectivity index (χ3v) is 3.29. The predicted molar refractivity (Wildman–Crippen MR) is 70.1 cm³/mol. The van der Waals surface area contributed by atoms with Gasteiger partial charge in [-0.25, -0.2) is 0 Å². The molecule has 0 aromatic carbocycles. The fourth-order valence-corrected chi connectivity index (χ4v) is 2.16. The number of aromatic nitrogens is 2. The highest BCUT2D eigenvalue weighted by atomic mass is 32.1. The smallest absolute Gasteiger partial charge is 0.252 e. The van der Waals surface area contributed by atoms with Crippen molar-refractivity contribution in [2.24, 2.45) is 0 Å². The summed E-state index contributed by atoms with van der Waals surface area (Å²) in [7, 11) is 1.62. The molecule has 0 aliphatic rings. The Morgan fingerprint density at radius 1 is 1.58 bits per heavy atom. The second-order valence-electron chi connectivity index (χ2n) is 3.98. The number of carbonyl (C=O) groups excluding carboxylic acids is 1. The third kappa shape index (κ3) is 3.87. The van der Waals surface area contributed by atoms with Crippen LogP contribution >= 0.6 is 11.3 Å². The highest BCUT2D eigenvalue weighted by Crippen LogP contribution is 2.12. The second-order valence-corrected chi connectivity index (χ2v) is 5.09. The van der Waals surface area contributed by atoms with Crippen molar-refractivity contribution >= 4 is 17.2 Å². The van der Waals surface area contributed by atoms with Gasteiger partial charge in [0.25, 0.3) is 5.91 Å². The lowest BCUT2D eigenvalue weighted by atomic mass is 10.3. The average molecular weight is 281 g/mol. The van der Waals surface area contributed by atoms with Crippen LogP contribution < -0.4 is 5.32 Å². The number of rotatable bonds is 6. The summed E-state index contributed by atoms with van der Waals surface area (Å²) in [6.07, 6.45) is 0.595.